The molecule has 0 radical (unpaired) electrons. The quantitative estimate of drug-likeness (QED) is 0.841. The molecule has 0 atom stereocenters. The molecule has 0 saturated carbocycles. The lowest BCUT2D eigenvalue weighted by Gasteiger charge is -2.19. The molecule has 0 saturated heterocycles. The fourth-order valence-electron chi connectivity index (χ4n) is 2.69. The van der Waals surface area contributed by atoms with Crippen LogP contribution in [0.1, 0.15) is 56.2 Å². The van der Waals surface area contributed by atoms with Gasteiger partial charge in [-0.05, 0) is 75.5 Å². The van der Waals surface area contributed by atoms with E-state index in [0.717, 1.165) is 6.42 Å². The second-order valence-electron chi connectivity index (χ2n) is 6.15. The monoisotopic (exact) mass is 231 g/mol. The molecule has 17 heavy (non-hydrogen) atoms. The van der Waals surface area contributed by atoms with E-state index in [1.807, 2.05) is 0 Å². The first-order valence-corrected chi connectivity index (χ1v) is 6.94. The molecule has 1 heteroatoms. The second-order valence-corrected chi connectivity index (χ2v) is 6.15. The van der Waals surface area contributed by atoms with E-state index in [1.54, 1.807) is 11.1 Å². The first kappa shape index (κ1) is 12.6. The Bertz CT molecular complexity index is 374. The molecule has 1 aromatic rings. The average Bonchev–Trinajstić information content (AvgIpc) is 2.27. The molecule has 0 fully saturated rings. The Morgan fingerprint density at radius 3 is 2.53 bits per heavy atom. The molecule has 0 aromatic heterocycles. The molecule has 0 unspecified atom stereocenters. The van der Waals surface area contributed by atoms with Crippen molar-refractivity contribution in [2.24, 2.45) is 5.73 Å². The van der Waals surface area contributed by atoms with Crippen LogP contribution in [0, 0.1) is 0 Å². The van der Waals surface area contributed by atoms with Gasteiger partial charge < -0.3 is 5.73 Å². The van der Waals surface area contributed by atoms with Crippen LogP contribution >= 0.6 is 0 Å². The summed E-state index contributed by atoms with van der Waals surface area (Å²) in [5, 5.41) is 0. The average molecular weight is 231 g/mol. The lowest BCUT2D eigenvalue weighted by atomic mass is 9.89. The molecule has 0 amide bonds. The zero-order valence-electron chi connectivity index (χ0n) is 11.3. The maximum absolute atomic E-state index is 6.01. The molecule has 0 spiro atoms. The minimum atomic E-state index is -0.0196. The van der Waals surface area contributed by atoms with Crippen LogP contribution in [-0.4, -0.2) is 5.54 Å². The molecule has 94 valence electrons. The fraction of sp³-hybridized carbons (Fsp3) is 0.625. The van der Waals surface area contributed by atoms with Gasteiger partial charge in [0.25, 0.3) is 0 Å². The topological polar surface area (TPSA) is 26.0 Å². The van der Waals surface area contributed by atoms with E-state index in [-0.39, 0.29) is 5.54 Å². The van der Waals surface area contributed by atoms with Crippen molar-refractivity contribution in [3.8, 4) is 0 Å². The summed E-state index contributed by atoms with van der Waals surface area (Å²) < 4.78 is 0. The first-order chi connectivity index (χ1) is 8.04. The van der Waals surface area contributed by atoms with E-state index >= 15 is 0 Å². The molecule has 0 bridgehead atoms. The maximum atomic E-state index is 6.01. The highest BCUT2D eigenvalue weighted by molar-refractivity contribution is 5.33. The van der Waals surface area contributed by atoms with Crippen LogP contribution in [0.15, 0.2) is 18.2 Å². The number of hydrogen-bond acceptors (Lipinski definition) is 1. The summed E-state index contributed by atoms with van der Waals surface area (Å²) in [7, 11) is 0. The second kappa shape index (κ2) is 5.22. The van der Waals surface area contributed by atoms with Crippen molar-refractivity contribution in [3.05, 3.63) is 34.9 Å². The van der Waals surface area contributed by atoms with Gasteiger partial charge in [0.15, 0.2) is 0 Å². The van der Waals surface area contributed by atoms with Crippen molar-refractivity contribution in [1.82, 2.24) is 0 Å². The van der Waals surface area contributed by atoms with E-state index in [0.29, 0.717) is 0 Å². The van der Waals surface area contributed by atoms with E-state index in [1.165, 1.54) is 44.1 Å². The Hall–Kier alpha value is -0.820. The summed E-state index contributed by atoms with van der Waals surface area (Å²) in [6.07, 6.45) is 8.78. The molecule has 1 aromatic carbocycles. The Balaban J connectivity index is 1.93. The van der Waals surface area contributed by atoms with Crippen molar-refractivity contribution < 1.29 is 0 Å². The third-order valence-electron chi connectivity index (χ3n) is 3.70. The van der Waals surface area contributed by atoms with Gasteiger partial charge in [0, 0.05) is 5.54 Å². The minimum Gasteiger partial charge on any atom is -0.326 e. The first-order valence-electron chi connectivity index (χ1n) is 6.94. The Morgan fingerprint density at radius 2 is 1.82 bits per heavy atom. The molecule has 0 aliphatic heterocycles. The van der Waals surface area contributed by atoms with E-state index in [2.05, 4.69) is 32.0 Å². The van der Waals surface area contributed by atoms with Crippen LogP contribution in [0.2, 0.25) is 0 Å². The van der Waals surface area contributed by atoms with Gasteiger partial charge in [0.2, 0.25) is 0 Å². The summed E-state index contributed by atoms with van der Waals surface area (Å²) in [6, 6.07) is 7.09. The third kappa shape index (κ3) is 3.85. The Morgan fingerprint density at radius 1 is 1.12 bits per heavy atom. The Labute approximate surface area is 105 Å². The van der Waals surface area contributed by atoms with Crippen LogP contribution in [0.25, 0.3) is 0 Å². The molecule has 2 rings (SSSR count). The molecule has 1 aliphatic carbocycles. The summed E-state index contributed by atoms with van der Waals surface area (Å²) in [4.78, 5) is 0. The van der Waals surface area contributed by atoms with Crippen LogP contribution < -0.4 is 5.73 Å². The van der Waals surface area contributed by atoms with Crippen LogP contribution in [0.4, 0.5) is 0 Å². The SMILES string of the molecule is CC(C)(N)CCCc1ccc2c(c1)CCCC2. The van der Waals surface area contributed by atoms with Crippen molar-refractivity contribution in [2.45, 2.75) is 64.3 Å². The molecule has 0 heterocycles. The van der Waals surface area contributed by atoms with Gasteiger partial charge in [-0.2, -0.15) is 0 Å². The predicted molar refractivity (Wildman–Crippen MR) is 74.3 cm³/mol. The predicted octanol–water partition coefficient (Wildman–Crippen LogP) is 3.63. The summed E-state index contributed by atoms with van der Waals surface area (Å²) in [6.45, 7) is 4.22. The maximum Gasteiger partial charge on any atom is 0.00971 e. The zero-order valence-corrected chi connectivity index (χ0v) is 11.3. The van der Waals surface area contributed by atoms with Gasteiger partial charge in [-0.1, -0.05) is 18.2 Å². The Kier molecular flexibility index (Phi) is 3.88. The van der Waals surface area contributed by atoms with Crippen LogP contribution in [-0.2, 0) is 19.3 Å². The van der Waals surface area contributed by atoms with Gasteiger partial charge in [-0.25, -0.2) is 0 Å². The standard InChI is InChI=1S/C16H25N/c1-16(2,17)11-5-6-13-9-10-14-7-3-4-8-15(14)12-13/h9-10,12H,3-8,11,17H2,1-2H3. The number of benzene rings is 1. The molecule has 2 N–H and O–H groups in total. The molecule has 1 nitrogen and oxygen atoms in total. The van der Waals surface area contributed by atoms with Gasteiger partial charge in [-0.3, -0.25) is 0 Å². The van der Waals surface area contributed by atoms with Crippen molar-refractivity contribution in [1.29, 1.82) is 0 Å². The van der Waals surface area contributed by atoms with Crippen molar-refractivity contribution in [2.75, 3.05) is 0 Å². The van der Waals surface area contributed by atoms with Gasteiger partial charge >= 0.3 is 0 Å². The highest BCUT2D eigenvalue weighted by Crippen LogP contribution is 2.23. The zero-order chi connectivity index (χ0) is 12.3. The fourth-order valence-corrected chi connectivity index (χ4v) is 2.69. The summed E-state index contributed by atoms with van der Waals surface area (Å²) in [5.41, 5.74) is 10.7. The number of aryl methyl sites for hydroxylation is 3. The van der Waals surface area contributed by atoms with Gasteiger partial charge in [0.1, 0.15) is 0 Å². The summed E-state index contributed by atoms with van der Waals surface area (Å²) in [5.74, 6) is 0. The van der Waals surface area contributed by atoms with Gasteiger partial charge in [-0.15, -0.1) is 0 Å². The number of nitrogens with two attached hydrogens (primary N) is 1. The number of rotatable bonds is 4. The molecular weight excluding hydrogens is 206 g/mol. The van der Waals surface area contributed by atoms with Crippen molar-refractivity contribution >= 4 is 0 Å². The summed E-state index contributed by atoms with van der Waals surface area (Å²) >= 11 is 0. The van der Waals surface area contributed by atoms with E-state index in [4.69, 9.17) is 5.73 Å². The van der Waals surface area contributed by atoms with E-state index in [9.17, 15) is 0 Å². The smallest absolute Gasteiger partial charge is 0.00971 e. The van der Waals surface area contributed by atoms with E-state index < -0.39 is 0 Å². The number of fused-ring (bicyclic) bond motifs is 1. The molecule has 1 aliphatic rings. The normalized spacial score (nSPS) is 15.7. The number of hydrogen-bond donors (Lipinski definition) is 1. The highest BCUT2D eigenvalue weighted by atomic mass is 14.7. The lowest BCUT2D eigenvalue weighted by molar-refractivity contribution is 0.459. The minimum absolute atomic E-state index is 0.0196. The van der Waals surface area contributed by atoms with Crippen molar-refractivity contribution in [3.63, 3.8) is 0 Å². The highest BCUT2D eigenvalue weighted by Gasteiger charge is 2.11. The third-order valence-corrected chi connectivity index (χ3v) is 3.70. The van der Waals surface area contributed by atoms with Gasteiger partial charge in [0.05, 0.1) is 0 Å². The molecular formula is C16H25N. The lowest BCUT2D eigenvalue weighted by Crippen LogP contribution is -2.31. The van der Waals surface area contributed by atoms with Crippen LogP contribution in [0.3, 0.4) is 0 Å². The largest absolute Gasteiger partial charge is 0.326 e. The van der Waals surface area contributed by atoms with Crippen LogP contribution in [0.5, 0.6) is 0 Å².